The summed E-state index contributed by atoms with van der Waals surface area (Å²) in [4.78, 5) is 37.9. The number of nitrogens with two attached hydrogens (primary N) is 2. The second-order valence-corrected chi connectivity index (χ2v) is 7.15. The van der Waals surface area contributed by atoms with Crippen molar-refractivity contribution in [2.75, 3.05) is 38.2 Å². The van der Waals surface area contributed by atoms with Crippen LogP contribution in [-0.4, -0.2) is 55.5 Å². The Morgan fingerprint density at radius 2 is 1.78 bits per heavy atom. The minimum atomic E-state index is -0.769. The predicted octanol–water partition coefficient (Wildman–Crippen LogP) is 1.52. The molecule has 0 saturated carbocycles. The zero-order chi connectivity index (χ0) is 19.4. The summed E-state index contributed by atoms with van der Waals surface area (Å²) in [5.74, 6) is -0.609. The molecule has 0 unspecified atom stereocenters. The molecule has 0 bridgehead atoms. The molecule has 27 heavy (non-hydrogen) atoms. The first-order valence-electron chi connectivity index (χ1n) is 8.38. The predicted molar refractivity (Wildman–Crippen MR) is 103 cm³/mol. The fourth-order valence-corrected chi connectivity index (χ4v) is 3.87. The Labute approximate surface area is 160 Å². The zero-order valence-electron chi connectivity index (χ0n) is 14.6. The zero-order valence-corrected chi connectivity index (χ0v) is 15.4. The van der Waals surface area contributed by atoms with Gasteiger partial charge in [-0.3, -0.25) is 19.8 Å². The van der Waals surface area contributed by atoms with Gasteiger partial charge < -0.3 is 16.2 Å². The van der Waals surface area contributed by atoms with Crippen molar-refractivity contribution in [2.45, 2.75) is 0 Å². The van der Waals surface area contributed by atoms with E-state index in [2.05, 4.69) is 10.2 Å². The maximum absolute atomic E-state index is 12.4. The van der Waals surface area contributed by atoms with E-state index in [1.807, 2.05) is 0 Å². The van der Waals surface area contributed by atoms with E-state index >= 15 is 0 Å². The van der Waals surface area contributed by atoms with Crippen LogP contribution in [0.1, 0.15) is 20.7 Å². The summed E-state index contributed by atoms with van der Waals surface area (Å²) in [6, 6.07) is 7.94. The van der Waals surface area contributed by atoms with Crippen molar-refractivity contribution in [2.24, 2.45) is 11.5 Å². The van der Waals surface area contributed by atoms with Crippen molar-refractivity contribution in [3.05, 3.63) is 41.5 Å². The Morgan fingerprint density at radius 1 is 1.11 bits per heavy atom. The van der Waals surface area contributed by atoms with E-state index in [0.717, 1.165) is 23.5 Å². The Kier molecular flexibility index (Phi) is 5.84. The van der Waals surface area contributed by atoms with Crippen LogP contribution >= 0.6 is 11.3 Å². The highest BCUT2D eigenvalue weighted by atomic mass is 32.1. The molecule has 5 N–H and O–H groups in total. The largest absolute Gasteiger partial charge is 0.379 e. The SMILES string of the molecule is NC(=O)Nc1sc(-c2ccc(C(=O)CN3CCOCC3)cc2)cc1C(N)=O. The molecule has 2 aromatic rings. The highest BCUT2D eigenvalue weighted by molar-refractivity contribution is 7.20. The smallest absolute Gasteiger partial charge is 0.317 e. The molecule has 1 aliphatic heterocycles. The van der Waals surface area contributed by atoms with Gasteiger partial charge in [-0.05, 0) is 11.6 Å². The average molecular weight is 388 g/mol. The Hall–Kier alpha value is -2.75. The number of urea groups is 1. The Balaban J connectivity index is 1.75. The quantitative estimate of drug-likeness (QED) is 0.647. The Bertz CT molecular complexity index is 857. The van der Waals surface area contributed by atoms with Gasteiger partial charge in [0.15, 0.2) is 5.78 Å². The number of anilines is 1. The summed E-state index contributed by atoms with van der Waals surface area (Å²) in [5.41, 5.74) is 12.1. The van der Waals surface area contributed by atoms with Crippen LogP contribution in [-0.2, 0) is 4.74 Å². The van der Waals surface area contributed by atoms with Gasteiger partial charge in [-0.25, -0.2) is 4.79 Å². The number of ketones is 1. The fraction of sp³-hybridized carbons (Fsp3) is 0.278. The number of hydrogen-bond acceptors (Lipinski definition) is 6. The van der Waals surface area contributed by atoms with Gasteiger partial charge in [0.25, 0.3) is 5.91 Å². The van der Waals surface area contributed by atoms with E-state index in [-0.39, 0.29) is 11.3 Å². The average Bonchev–Trinajstić information content (AvgIpc) is 3.06. The minimum Gasteiger partial charge on any atom is -0.379 e. The molecule has 3 rings (SSSR count). The number of hydrogen-bond donors (Lipinski definition) is 3. The standard InChI is InChI=1S/C18H20N4O4S/c19-16(24)13-9-15(27-17(13)21-18(20)25)12-3-1-11(2-4-12)14(23)10-22-5-7-26-8-6-22/h1-4,9H,5-8,10H2,(H2,19,24)(H3,20,21,25). The number of Topliss-reactive ketones (excluding diaryl/α,β-unsaturated/α-hetero) is 1. The number of carbonyl (C=O) groups excluding carboxylic acids is 3. The number of thiophene rings is 1. The first-order chi connectivity index (χ1) is 12.9. The van der Waals surface area contributed by atoms with Crippen LogP contribution in [0, 0.1) is 0 Å². The number of ether oxygens (including phenoxy) is 1. The van der Waals surface area contributed by atoms with E-state index in [1.54, 1.807) is 30.3 Å². The van der Waals surface area contributed by atoms with Crippen LogP contribution in [0.25, 0.3) is 10.4 Å². The summed E-state index contributed by atoms with van der Waals surface area (Å²) in [5, 5.41) is 2.71. The second kappa shape index (κ2) is 8.30. The molecule has 3 amide bonds. The molecule has 2 heterocycles. The summed E-state index contributed by atoms with van der Waals surface area (Å²) in [7, 11) is 0. The van der Waals surface area contributed by atoms with Crippen molar-refractivity contribution in [1.29, 1.82) is 0 Å². The highest BCUT2D eigenvalue weighted by Gasteiger charge is 2.18. The fourth-order valence-electron chi connectivity index (χ4n) is 2.80. The molecule has 0 aliphatic carbocycles. The van der Waals surface area contributed by atoms with Crippen molar-refractivity contribution in [3.63, 3.8) is 0 Å². The summed E-state index contributed by atoms with van der Waals surface area (Å²) >= 11 is 1.19. The summed E-state index contributed by atoms with van der Waals surface area (Å²) in [6.07, 6.45) is 0. The van der Waals surface area contributed by atoms with Crippen LogP contribution < -0.4 is 16.8 Å². The number of amides is 3. The lowest BCUT2D eigenvalue weighted by atomic mass is 10.1. The normalized spacial score (nSPS) is 14.7. The number of primary amides is 2. The monoisotopic (exact) mass is 388 g/mol. The van der Waals surface area contributed by atoms with Crippen LogP contribution in [0.2, 0.25) is 0 Å². The molecule has 8 nitrogen and oxygen atoms in total. The second-order valence-electron chi connectivity index (χ2n) is 6.10. The molecule has 0 atom stereocenters. The van der Waals surface area contributed by atoms with Crippen molar-refractivity contribution in [3.8, 4) is 10.4 Å². The van der Waals surface area contributed by atoms with E-state index in [0.29, 0.717) is 30.3 Å². The molecule has 1 fully saturated rings. The molecule has 1 aromatic carbocycles. The third kappa shape index (κ3) is 4.70. The summed E-state index contributed by atoms with van der Waals surface area (Å²) < 4.78 is 5.29. The van der Waals surface area contributed by atoms with Gasteiger partial charge >= 0.3 is 6.03 Å². The van der Waals surface area contributed by atoms with Crippen LogP contribution in [0.5, 0.6) is 0 Å². The van der Waals surface area contributed by atoms with Crippen molar-refractivity contribution < 1.29 is 19.1 Å². The third-order valence-electron chi connectivity index (χ3n) is 4.20. The molecule has 0 radical (unpaired) electrons. The number of carbonyl (C=O) groups is 3. The van der Waals surface area contributed by atoms with E-state index in [1.165, 1.54) is 11.3 Å². The van der Waals surface area contributed by atoms with Gasteiger partial charge in [0.2, 0.25) is 0 Å². The highest BCUT2D eigenvalue weighted by Crippen LogP contribution is 2.35. The molecule has 1 aliphatic rings. The number of benzene rings is 1. The first kappa shape index (κ1) is 19.0. The Morgan fingerprint density at radius 3 is 2.37 bits per heavy atom. The van der Waals surface area contributed by atoms with Gasteiger partial charge in [0.1, 0.15) is 5.00 Å². The molecule has 0 spiro atoms. The molecule has 9 heteroatoms. The topological polar surface area (TPSA) is 128 Å². The minimum absolute atomic E-state index is 0.0449. The van der Waals surface area contributed by atoms with Gasteiger partial charge in [-0.2, -0.15) is 0 Å². The van der Waals surface area contributed by atoms with Gasteiger partial charge in [-0.15, -0.1) is 11.3 Å². The first-order valence-corrected chi connectivity index (χ1v) is 9.19. The molecule has 1 saturated heterocycles. The maximum atomic E-state index is 12.4. The van der Waals surface area contributed by atoms with E-state index < -0.39 is 11.9 Å². The lowest BCUT2D eigenvalue weighted by Gasteiger charge is -2.25. The lowest BCUT2D eigenvalue weighted by molar-refractivity contribution is 0.0371. The summed E-state index contributed by atoms with van der Waals surface area (Å²) in [6.45, 7) is 3.16. The number of nitrogens with zero attached hydrogens (tertiary/aromatic N) is 1. The van der Waals surface area contributed by atoms with Crippen LogP contribution in [0.3, 0.4) is 0 Å². The molecular weight excluding hydrogens is 368 g/mol. The van der Waals surface area contributed by atoms with Crippen molar-refractivity contribution >= 4 is 34.1 Å². The van der Waals surface area contributed by atoms with Crippen molar-refractivity contribution in [1.82, 2.24) is 4.90 Å². The number of rotatable bonds is 6. The molecule has 1 aromatic heterocycles. The van der Waals surface area contributed by atoms with E-state index in [4.69, 9.17) is 16.2 Å². The third-order valence-corrected chi connectivity index (χ3v) is 5.30. The van der Waals surface area contributed by atoms with Crippen LogP contribution in [0.4, 0.5) is 9.80 Å². The lowest BCUT2D eigenvalue weighted by Crippen LogP contribution is -2.39. The molecule has 142 valence electrons. The van der Waals surface area contributed by atoms with Gasteiger partial charge in [0, 0.05) is 23.5 Å². The molecular formula is C18H20N4O4S. The van der Waals surface area contributed by atoms with Gasteiger partial charge in [0.05, 0.1) is 25.3 Å². The maximum Gasteiger partial charge on any atom is 0.317 e. The number of nitrogens with one attached hydrogen (secondary N) is 1. The van der Waals surface area contributed by atoms with Gasteiger partial charge in [-0.1, -0.05) is 24.3 Å². The van der Waals surface area contributed by atoms with Crippen LogP contribution in [0.15, 0.2) is 30.3 Å². The van der Waals surface area contributed by atoms with E-state index in [9.17, 15) is 14.4 Å². The number of morpholine rings is 1.